The molecule has 0 fully saturated rings. The van der Waals surface area contributed by atoms with Gasteiger partial charge in [-0.15, -0.1) is 0 Å². The Morgan fingerprint density at radius 3 is 2.40 bits per heavy atom. The highest BCUT2D eigenvalue weighted by atomic mass is 32.2. The van der Waals surface area contributed by atoms with Crippen molar-refractivity contribution in [1.29, 1.82) is 0 Å². The molecule has 0 aliphatic rings. The van der Waals surface area contributed by atoms with Gasteiger partial charge in [-0.25, -0.2) is 12.8 Å². The number of hydrogen-bond donors (Lipinski definition) is 2. The van der Waals surface area contributed by atoms with Crippen molar-refractivity contribution in [2.75, 3.05) is 11.6 Å². The van der Waals surface area contributed by atoms with Gasteiger partial charge in [0.15, 0.2) is 9.84 Å². The van der Waals surface area contributed by atoms with Gasteiger partial charge in [0.2, 0.25) is 5.91 Å². The Morgan fingerprint density at radius 2 is 1.95 bits per heavy atom. The van der Waals surface area contributed by atoms with Crippen LogP contribution >= 0.6 is 12.2 Å². The number of benzene rings is 1. The second-order valence-electron chi connectivity index (χ2n) is 4.79. The number of amides is 1. The van der Waals surface area contributed by atoms with Crippen molar-refractivity contribution < 1.29 is 17.6 Å². The zero-order valence-corrected chi connectivity index (χ0v) is 12.9. The topological polar surface area (TPSA) is 89.3 Å². The summed E-state index contributed by atoms with van der Waals surface area (Å²) in [6, 6.07) is 3.47. The predicted molar refractivity (Wildman–Crippen MR) is 79.8 cm³/mol. The summed E-state index contributed by atoms with van der Waals surface area (Å²) in [5.41, 5.74) is 5.75. The fourth-order valence-corrected chi connectivity index (χ4v) is 1.83. The van der Waals surface area contributed by atoms with Crippen molar-refractivity contribution in [3.8, 4) is 0 Å². The Kier molecular flexibility index (Phi) is 4.50. The molecule has 0 aliphatic heterocycles. The third kappa shape index (κ3) is 3.31. The molecular formula is C12H15FN2O3S2. The van der Waals surface area contributed by atoms with E-state index in [0.29, 0.717) is 0 Å². The normalized spacial score (nSPS) is 12.0. The molecule has 0 bridgehead atoms. The molecule has 0 radical (unpaired) electrons. The van der Waals surface area contributed by atoms with Crippen LogP contribution < -0.4 is 11.1 Å². The van der Waals surface area contributed by atoms with E-state index in [1.54, 1.807) is 0 Å². The van der Waals surface area contributed by atoms with Gasteiger partial charge < -0.3 is 11.1 Å². The number of carbonyl (C=O) groups excluding carboxylic acids is 1. The quantitative estimate of drug-likeness (QED) is 0.815. The number of nitrogens with two attached hydrogens (primary N) is 1. The first-order valence-corrected chi connectivity index (χ1v) is 7.87. The molecule has 0 saturated heterocycles. The number of sulfone groups is 1. The maximum absolute atomic E-state index is 13.1. The minimum Gasteiger partial charge on any atom is -0.389 e. The molecule has 3 N–H and O–H groups in total. The summed E-state index contributed by atoms with van der Waals surface area (Å²) in [5, 5.41) is 2.41. The van der Waals surface area contributed by atoms with E-state index in [4.69, 9.17) is 18.0 Å². The van der Waals surface area contributed by atoms with Gasteiger partial charge in [-0.1, -0.05) is 12.2 Å². The fraction of sp³-hybridized carbons (Fsp3) is 0.333. The van der Waals surface area contributed by atoms with Gasteiger partial charge in [0.05, 0.1) is 5.69 Å². The maximum atomic E-state index is 13.1. The van der Waals surface area contributed by atoms with Gasteiger partial charge >= 0.3 is 0 Å². The largest absolute Gasteiger partial charge is 0.389 e. The lowest BCUT2D eigenvalue weighted by molar-refractivity contribution is -0.117. The van der Waals surface area contributed by atoms with E-state index in [1.165, 1.54) is 19.9 Å². The molecule has 1 amide bonds. The lowest BCUT2D eigenvalue weighted by Crippen LogP contribution is -2.44. The van der Waals surface area contributed by atoms with Gasteiger partial charge in [0, 0.05) is 11.8 Å². The first-order chi connectivity index (χ1) is 8.96. The molecule has 0 aliphatic carbocycles. The first-order valence-electron chi connectivity index (χ1n) is 5.57. The minimum absolute atomic E-state index is 0.100. The Bertz CT molecular complexity index is 669. The lowest BCUT2D eigenvalue weighted by atomic mass is 10.1. The highest BCUT2D eigenvalue weighted by Crippen LogP contribution is 2.22. The summed E-state index contributed by atoms with van der Waals surface area (Å²) in [5.74, 6) is -1.31. The number of thiocarbonyl (C=S) groups is 1. The van der Waals surface area contributed by atoms with Crippen molar-refractivity contribution in [3.05, 3.63) is 29.6 Å². The molecule has 0 atom stereocenters. The molecule has 20 heavy (non-hydrogen) atoms. The number of halogens is 1. The van der Waals surface area contributed by atoms with E-state index in [2.05, 4.69) is 5.32 Å². The number of carbonyl (C=O) groups is 1. The summed E-state index contributed by atoms with van der Waals surface area (Å²) in [6.07, 6.45) is 0.964. The molecule has 8 heteroatoms. The monoisotopic (exact) mass is 318 g/mol. The molecule has 5 nitrogen and oxygen atoms in total. The van der Waals surface area contributed by atoms with Gasteiger partial charge in [-0.3, -0.25) is 4.79 Å². The predicted octanol–water partition coefficient (Wildman–Crippen LogP) is 1.22. The Morgan fingerprint density at radius 1 is 1.40 bits per heavy atom. The van der Waals surface area contributed by atoms with Crippen molar-refractivity contribution in [2.45, 2.75) is 18.6 Å². The van der Waals surface area contributed by atoms with Crippen LogP contribution in [-0.2, 0) is 14.6 Å². The third-order valence-electron chi connectivity index (χ3n) is 2.97. The number of anilines is 1. The lowest BCUT2D eigenvalue weighted by Gasteiger charge is -2.22. The Labute approximate surface area is 122 Å². The van der Waals surface area contributed by atoms with Crippen molar-refractivity contribution >= 4 is 38.6 Å². The average molecular weight is 318 g/mol. The number of nitrogens with one attached hydrogen (secondary N) is 1. The maximum Gasteiger partial charge on any atom is 0.245 e. The molecule has 110 valence electrons. The Balaban J connectivity index is 3.18. The summed E-state index contributed by atoms with van der Waals surface area (Å²) in [6.45, 7) is 2.56. The molecule has 0 aromatic heterocycles. The third-order valence-corrected chi connectivity index (χ3v) is 5.23. The van der Waals surface area contributed by atoms with Crippen LogP contribution in [-0.4, -0.2) is 30.3 Å². The van der Waals surface area contributed by atoms with Gasteiger partial charge in [-0.05, 0) is 32.0 Å². The summed E-state index contributed by atoms with van der Waals surface area (Å²) in [4.78, 5) is 12.0. The fourth-order valence-electron chi connectivity index (χ4n) is 1.27. The Hall–Kier alpha value is -1.54. The SMILES string of the molecule is CC(C)(C(=O)Nc1ccc(F)cc1C(N)=S)S(C)(=O)=O. The van der Waals surface area contributed by atoms with Crippen LogP contribution in [0.15, 0.2) is 18.2 Å². The number of hydrogen-bond acceptors (Lipinski definition) is 4. The molecule has 1 rings (SSSR count). The average Bonchev–Trinajstić information content (AvgIpc) is 2.29. The van der Waals surface area contributed by atoms with E-state index >= 15 is 0 Å². The van der Waals surface area contributed by atoms with Crippen LogP contribution in [0.1, 0.15) is 19.4 Å². The van der Waals surface area contributed by atoms with E-state index in [-0.39, 0.29) is 16.2 Å². The first kappa shape index (κ1) is 16.5. The minimum atomic E-state index is -3.61. The summed E-state index contributed by atoms with van der Waals surface area (Å²) < 4.78 is 34.7. The van der Waals surface area contributed by atoms with Crippen LogP contribution in [0.25, 0.3) is 0 Å². The van der Waals surface area contributed by atoms with E-state index in [1.807, 2.05) is 0 Å². The zero-order chi connectivity index (χ0) is 15.7. The molecule has 0 unspecified atom stereocenters. The van der Waals surface area contributed by atoms with E-state index < -0.39 is 26.3 Å². The van der Waals surface area contributed by atoms with Crippen LogP contribution in [0.2, 0.25) is 0 Å². The van der Waals surface area contributed by atoms with Gasteiger partial charge in [-0.2, -0.15) is 0 Å². The highest BCUT2D eigenvalue weighted by molar-refractivity contribution is 7.92. The molecular weight excluding hydrogens is 303 g/mol. The zero-order valence-electron chi connectivity index (χ0n) is 11.2. The van der Waals surface area contributed by atoms with E-state index in [9.17, 15) is 17.6 Å². The van der Waals surface area contributed by atoms with Crippen molar-refractivity contribution in [3.63, 3.8) is 0 Å². The van der Waals surface area contributed by atoms with E-state index in [0.717, 1.165) is 18.4 Å². The smallest absolute Gasteiger partial charge is 0.245 e. The second kappa shape index (κ2) is 5.45. The number of rotatable bonds is 4. The molecule has 0 spiro atoms. The molecule has 0 saturated carbocycles. The molecule has 1 aromatic carbocycles. The van der Waals surface area contributed by atoms with Gasteiger partial charge in [0.1, 0.15) is 15.6 Å². The van der Waals surface area contributed by atoms with Crippen molar-refractivity contribution in [2.24, 2.45) is 5.73 Å². The van der Waals surface area contributed by atoms with Crippen LogP contribution in [0.5, 0.6) is 0 Å². The summed E-state index contributed by atoms with van der Waals surface area (Å²) in [7, 11) is -3.61. The van der Waals surface area contributed by atoms with Gasteiger partial charge in [0.25, 0.3) is 0 Å². The highest BCUT2D eigenvalue weighted by Gasteiger charge is 2.38. The molecule has 0 heterocycles. The molecule has 1 aromatic rings. The van der Waals surface area contributed by atoms with Crippen LogP contribution in [0.4, 0.5) is 10.1 Å². The van der Waals surface area contributed by atoms with Crippen LogP contribution in [0.3, 0.4) is 0 Å². The standard InChI is InChI=1S/C12H15FN2O3S2/c1-12(2,20(3,17)18)11(16)15-9-5-4-7(13)6-8(9)10(14)19/h4-6H,1-3H3,(H2,14,19)(H,15,16). The summed E-state index contributed by atoms with van der Waals surface area (Å²) >= 11 is 4.77. The second-order valence-corrected chi connectivity index (χ2v) is 7.80. The van der Waals surface area contributed by atoms with Crippen molar-refractivity contribution in [1.82, 2.24) is 0 Å². The van der Waals surface area contributed by atoms with Crippen LogP contribution in [0, 0.1) is 5.82 Å².